The number of aromatic nitrogens is 2. The van der Waals surface area contributed by atoms with Crippen molar-refractivity contribution in [3.05, 3.63) is 98.5 Å². The van der Waals surface area contributed by atoms with Gasteiger partial charge in [-0.3, -0.25) is 9.48 Å². The number of benzene rings is 2. The first-order valence-electron chi connectivity index (χ1n) is 9.22. The van der Waals surface area contributed by atoms with Gasteiger partial charge >= 0.3 is 0 Å². The second-order valence-electron chi connectivity index (χ2n) is 6.61. The standard InChI is InChI=1S/C22H16BrCl2N3O3/c23-15-4-6-19(18(25)11-15)30-13-17-5-7-20(31-17)22(29)26-21-8-9-28(27-21)12-14-2-1-3-16(24)10-14/h1-11H,12-13H2,(H,26,27,29). The normalized spacial score (nSPS) is 10.8. The van der Waals surface area contributed by atoms with E-state index in [1.54, 1.807) is 41.2 Å². The summed E-state index contributed by atoms with van der Waals surface area (Å²) in [4.78, 5) is 12.5. The number of furan rings is 1. The lowest BCUT2D eigenvalue weighted by molar-refractivity contribution is 0.0992. The molecule has 4 rings (SSSR count). The van der Waals surface area contributed by atoms with Crippen LogP contribution >= 0.6 is 39.1 Å². The van der Waals surface area contributed by atoms with Crippen LogP contribution in [0.5, 0.6) is 5.75 Å². The van der Waals surface area contributed by atoms with Crippen molar-refractivity contribution in [2.45, 2.75) is 13.2 Å². The number of anilines is 1. The molecular formula is C22H16BrCl2N3O3. The van der Waals surface area contributed by atoms with E-state index in [-0.39, 0.29) is 12.4 Å². The molecule has 0 unspecified atom stereocenters. The number of nitrogens with one attached hydrogen (secondary N) is 1. The fourth-order valence-electron chi connectivity index (χ4n) is 2.84. The summed E-state index contributed by atoms with van der Waals surface area (Å²) in [5, 5.41) is 8.22. The van der Waals surface area contributed by atoms with Gasteiger partial charge in [0, 0.05) is 21.8 Å². The molecule has 2 aromatic carbocycles. The maximum Gasteiger partial charge on any atom is 0.292 e. The van der Waals surface area contributed by atoms with Gasteiger partial charge in [0.15, 0.2) is 11.6 Å². The molecule has 0 spiro atoms. The molecule has 31 heavy (non-hydrogen) atoms. The van der Waals surface area contributed by atoms with Crippen molar-refractivity contribution in [1.82, 2.24) is 9.78 Å². The Bertz CT molecular complexity index is 1220. The highest BCUT2D eigenvalue weighted by Crippen LogP contribution is 2.28. The van der Waals surface area contributed by atoms with Gasteiger partial charge < -0.3 is 14.5 Å². The van der Waals surface area contributed by atoms with Gasteiger partial charge in [0.25, 0.3) is 5.91 Å². The topological polar surface area (TPSA) is 69.3 Å². The number of hydrogen-bond donors (Lipinski definition) is 1. The van der Waals surface area contributed by atoms with E-state index in [0.29, 0.717) is 33.9 Å². The molecule has 2 aromatic heterocycles. The smallest absolute Gasteiger partial charge is 0.292 e. The molecule has 0 saturated carbocycles. The lowest BCUT2D eigenvalue weighted by Gasteiger charge is -2.06. The summed E-state index contributed by atoms with van der Waals surface area (Å²) in [5.74, 6) is 1.20. The van der Waals surface area contributed by atoms with Gasteiger partial charge in [0.05, 0.1) is 11.6 Å². The molecule has 0 aliphatic carbocycles. The van der Waals surface area contributed by atoms with E-state index in [1.165, 1.54) is 0 Å². The summed E-state index contributed by atoms with van der Waals surface area (Å²) in [6.45, 7) is 0.681. The Morgan fingerprint density at radius 2 is 2.00 bits per heavy atom. The fourth-order valence-corrected chi connectivity index (χ4v) is 3.78. The number of amides is 1. The zero-order valence-electron chi connectivity index (χ0n) is 16.0. The molecule has 6 nitrogen and oxygen atoms in total. The molecule has 1 N–H and O–H groups in total. The Kier molecular flexibility index (Phi) is 6.65. The third-order valence-corrected chi connectivity index (χ3v) is 5.29. The largest absolute Gasteiger partial charge is 0.484 e. The zero-order valence-corrected chi connectivity index (χ0v) is 19.1. The summed E-state index contributed by atoms with van der Waals surface area (Å²) in [5.41, 5.74) is 1.01. The first-order valence-corrected chi connectivity index (χ1v) is 10.8. The van der Waals surface area contributed by atoms with Gasteiger partial charge in [0.1, 0.15) is 18.1 Å². The minimum Gasteiger partial charge on any atom is -0.484 e. The fraction of sp³-hybridized carbons (Fsp3) is 0.0909. The summed E-state index contributed by atoms with van der Waals surface area (Å²) in [7, 11) is 0. The molecule has 4 aromatic rings. The molecule has 158 valence electrons. The second kappa shape index (κ2) is 9.60. The summed E-state index contributed by atoms with van der Waals surface area (Å²) in [6.07, 6.45) is 1.78. The lowest BCUT2D eigenvalue weighted by atomic mass is 10.2. The zero-order chi connectivity index (χ0) is 21.8. The van der Waals surface area contributed by atoms with Crippen molar-refractivity contribution >= 4 is 50.9 Å². The Labute approximate surface area is 196 Å². The monoisotopic (exact) mass is 519 g/mol. The highest BCUT2D eigenvalue weighted by molar-refractivity contribution is 9.10. The van der Waals surface area contributed by atoms with Crippen LogP contribution in [-0.2, 0) is 13.2 Å². The third-order valence-electron chi connectivity index (χ3n) is 4.27. The SMILES string of the molecule is O=C(Nc1ccn(Cc2cccc(Cl)c2)n1)c1ccc(COc2ccc(Br)cc2Cl)o1. The predicted molar refractivity (Wildman–Crippen MR) is 123 cm³/mol. The van der Waals surface area contributed by atoms with Crippen LogP contribution in [0.3, 0.4) is 0 Å². The first-order chi connectivity index (χ1) is 15.0. The lowest BCUT2D eigenvalue weighted by Crippen LogP contribution is -2.12. The highest BCUT2D eigenvalue weighted by atomic mass is 79.9. The van der Waals surface area contributed by atoms with Gasteiger partial charge in [0.2, 0.25) is 0 Å². The van der Waals surface area contributed by atoms with Crippen LogP contribution in [0.4, 0.5) is 5.82 Å². The van der Waals surface area contributed by atoms with Crippen molar-refractivity contribution < 1.29 is 13.9 Å². The number of carbonyl (C=O) groups is 1. The summed E-state index contributed by atoms with van der Waals surface area (Å²) in [6, 6.07) is 17.8. The Morgan fingerprint density at radius 1 is 1.13 bits per heavy atom. The predicted octanol–water partition coefficient (Wildman–Crippen LogP) is 6.43. The van der Waals surface area contributed by atoms with Crippen LogP contribution in [0.2, 0.25) is 10.0 Å². The quantitative estimate of drug-likeness (QED) is 0.305. The average molecular weight is 521 g/mol. The van der Waals surface area contributed by atoms with Crippen LogP contribution in [0.1, 0.15) is 21.9 Å². The number of halogens is 3. The van der Waals surface area contributed by atoms with E-state index < -0.39 is 5.91 Å². The summed E-state index contributed by atoms with van der Waals surface area (Å²) >= 11 is 15.5. The minimum absolute atomic E-state index is 0.142. The van der Waals surface area contributed by atoms with Gasteiger partial charge in [-0.15, -0.1) is 0 Å². The van der Waals surface area contributed by atoms with E-state index in [2.05, 4.69) is 26.3 Å². The van der Waals surface area contributed by atoms with Crippen molar-refractivity contribution in [3.8, 4) is 5.75 Å². The van der Waals surface area contributed by atoms with Crippen molar-refractivity contribution in [2.24, 2.45) is 0 Å². The molecule has 0 aliphatic rings. The van der Waals surface area contributed by atoms with Gasteiger partial charge in [-0.1, -0.05) is 51.3 Å². The van der Waals surface area contributed by atoms with Crippen LogP contribution in [0, 0.1) is 0 Å². The maximum atomic E-state index is 12.5. The van der Waals surface area contributed by atoms with Crippen molar-refractivity contribution in [3.63, 3.8) is 0 Å². The minimum atomic E-state index is -0.402. The van der Waals surface area contributed by atoms with E-state index in [0.717, 1.165) is 10.0 Å². The molecule has 2 heterocycles. The van der Waals surface area contributed by atoms with Crippen molar-refractivity contribution in [2.75, 3.05) is 5.32 Å². The molecule has 1 amide bonds. The number of ether oxygens (including phenoxy) is 1. The summed E-state index contributed by atoms with van der Waals surface area (Å²) < 4.78 is 13.8. The number of rotatable bonds is 7. The van der Waals surface area contributed by atoms with Gasteiger partial charge in [-0.05, 0) is 48.0 Å². The molecule has 0 fully saturated rings. The molecule has 0 radical (unpaired) electrons. The van der Waals surface area contributed by atoms with E-state index >= 15 is 0 Å². The highest BCUT2D eigenvalue weighted by Gasteiger charge is 2.14. The van der Waals surface area contributed by atoms with Crippen LogP contribution < -0.4 is 10.1 Å². The molecule has 0 bridgehead atoms. The second-order valence-corrected chi connectivity index (χ2v) is 8.37. The maximum absolute atomic E-state index is 12.5. The van der Waals surface area contributed by atoms with Gasteiger partial charge in [-0.2, -0.15) is 5.10 Å². The Morgan fingerprint density at radius 3 is 2.81 bits per heavy atom. The number of nitrogens with zero attached hydrogens (tertiary/aromatic N) is 2. The first kappa shape index (κ1) is 21.5. The van der Waals surface area contributed by atoms with Crippen molar-refractivity contribution in [1.29, 1.82) is 0 Å². The molecular weight excluding hydrogens is 505 g/mol. The van der Waals surface area contributed by atoms with Crippen LogP contribution in [0.15, 0.2) is 75.8 Å². The third kappa shape index (κ3) is 5.70. The Hall–Kier alpha value is -2.74. The van der Waals surface area contributed by atoms with Crippen LogP contribution in [-0.4, -0.2) is 15.7 Å². The molecule has 0 saturated heterocycles. The van der Waals surface area contributed by atoms with E-state index in [4.69, 9.17) is 32.4 Å². The molecule has 0 aliphatic heterocycles. The van der Waals surface area contributed by atoms with Gasteiger partial charge in [-0.25, -0.2) is 0 Å². The van der Waals surface area contributed by atoms with E-state index in [1.807, 2.05) is 30.3 Å². The van der Waals surface area contributed by atoms with Crippen LogP contribution in [0.25, 0.3) is 0 Å². The number of hydrogen-bond acceptors (Lipinski definition) is 4. The molecule has 9 heteroatoms. The number of carbonyl (C=O) groups excluding carboxylic acids is 1. The van der Waals surface area contributed by atoms with E-state index in [9.17, 15) is 4.79 Å². The Balaban J connectivity index is 1.34. The average Bonchev–Trinajstić information content (AvgIpc) is 3.37. The molecule has 0 atom stereocenters.